The smallest absolute Gasteiger partial charge is 0.416 e. The van der Waals surface area contributed by atoms with Crippen LogP contribution >= 0.6 is 11.6 Å². The molecule has 0 unspecified atom stereocenters. The van der Waals surface area contributed by atoms with E-state index < -0.39 is 23.3 Å². The molecule has 0 saturated heterocycles. The Bertz CT molecular complexity index is 495. The zero-order valence-corrected chi connectivity index (χ0v) is 12.0. The Morgan fingerprint density at radius 3 is 2.35 bits per heavy atom. The van der Waals surface area contributed by atoms with Crippen molar-refractivity contribution in [1.82, 2.24) is 0 Å². The molecule has 3 nitrogen and oxygen atoms in total. The number of nitrogens with one attached hydrogen (secondary N) is 1. The Kier molecular flexibility index (Phi) is 4.91. The Hall–Kier alpha value is -1.43. The lowest BCUT2D eigenvalue weighted by atomic mass is 10.2. The summed E-state index contributed by atoms with van der Waals surface area (Å²) in [5, 5.41) is 2.53. The highest BCUT2D eigenvalue weighted by atomic mass is 35.5. The minimum absolute atomic E-state index is 0.108. The van der Waals surface area contributed by atoms with Gasteiger partial charge in [-0.1, -0.05) is 11.6 Å². The third kappa shape index (κ3) is 5.28. The fraction of sp³-hybridized carbons (Fsp3) is 0.462. The van der Waals surface area contributed by atoms with Gasteiger partial charge in [-0.3, -0.25) is 4.79 Å². The molecule has 0 atom stereocenters. The fourth-order valence-corrected chi connectivity index (χ4v) is 1.63. The summed E-state index contributed by atoms with van der Waals surface area (Å²) >= 11 is 5.74. The van der Waals surface area contributed by atoms with Crippen LogP contribution in [0.25, 0.3) is 0 Å². The van der Waals surface area contributed by atoms with Crippen LogP contribution in [0.4, 0.5) is 18.9 Å². The molecule has 0 fully saturated rings. The van der Waals surface area contributed by atoms with Crippen molar-refractivity contribution >= 4 is 23.3 Å². The molecule has 0 aliphatic rings. The molecule has 0 saturated carbocycles. The van der Waals surface area contributed by atoms with Gasteiger partial charge in [0.2, 0.25) is 0 Å². The highest BCUT2D eigenvalue weighted by molar-refractivity contribution is 6.33. The lowest BCUT2D eigenvalue weighted by molar-refractivity contribution is -0.152. The van der Waals surface area contributed by atoms with E-state index in [1.54, 1.807) is 20.8 Å². The van der Waals surface area contributed by atoms with Crippen molar-refractivity contribution in [1.29, 1.82) is 0 Å². The number of carbonyl (C=O) groups excluding carboxylic acids is 1. The van der Waals surface area contributed by atoms with Crippen LogP contribution < -0.4 is 5.32 Å². The van der Waals surface area contributed by atoms with Crippen LogP contribution in [0, 0.1) is 0 Å². The summed E-state index contributed by atoms with van der Waals surface area (Å²) in [4.78, 5) is 11.5. The van der Waals surface area contributed by atoms with E-state index >= 15 is 0 Å². The fourth-order valence-electron chi connectivity index (χ4n) is 1.38. The third-order valence-electron chi connectivity index (χ3n) is 2.14. The second-order valence-corrected chi connectivity index (χ2v) is 5.54. The van der Waals surface area contributed by atoms with Gasteiger partial charge in [0.15, 0.2) is 0 Å². The Morgan fingerprint density at radius 1 is 1.30 bits per heavy atom. The average Bonchev–Trinajstić information content (AvgIpc) is 2.23. The summed E-state index contributed by atoms with van der Waals surface area (Å²) in [7, 11) is 0. The molecule has 1 aromatic rings. The number of carbonyl (C=O) groups is 1. The van der Waals surface area contributed by atoms with Crippen LogP contribution in [-0.4, -0.2) is 18.1 Å². The van der Waals surface area contributed by atoms with E-state index in [2.05, 4.69) is 5.32 Å². The second-order valence-electron chi connectivity index (χ2n) is 5.13. The monoisotopic (exact) mass is 309 g/mol. The first-order valence-corrected chi connectivity index (χ1v) is 6.19. The lowest BCUT2D eigenvalue weighted by Gasteiger charge is -2.20. The predicted octanol–water partition coefficient (Wildman–Crippen LogP) is 4.11. The van der Waals surface area contributed by atoms with Gasteiger partial charge in [-0.15, -0.1) is 0 Å². The molecule has 0 bridgehead atoms. The van der Waals surface area contributed by atoms with Crippen molar-refractivity contribution < 1.29 is 22.7 Å². The molecule has 0 aliphatic heterocycles. The SMILES string of the molecule is CC(C)(C)OC(=O)CNc1ccc(C(F)(F)F)cc1Cl. The maximum absolute atomic E-state index is 12.4. The zero-order chi connectivity index (χ0) is 15.6. The quantitative estimate of drug-likeness (QED) is 0.854. The van der Waals surface area contributed by atoms with Gasteiger partial charge in [0.05, 0.1) is 16.3 Å². The van der Waals surface area contributed by atoms with Gasteiger partial charge in [-0.2, -0.15) is 13.2 Å². The minimum Gasteiger partial charge on any atom is -0.459 e. The van der Waals surface area contributed by atoms with Gasteiger partial charge in [-0.25, -0.2) is 0 Å². The molecule has 1 aromatic carbocycles. The first-order chi connectivity index (χ1) is 8.99. The highest BCUT2D eigenvalue weighted by Crippen LogP contribution is 2.33. The standard InChI is InChI=1S/C13H15ClF3NO2/c1-12(2,3)20-11(19)7-18-10-5-4-8(6-9(10)14)13(15,16)17/h4-6,18H,7H2,1-3H3. The molecule has 0 aromatic heterocycles. The molecule has 112 valence electrons. The van der Waals surface area contributed by atoms with Crippen LogP contribution in [0.2, 0.25) is 5.02 Å². The molecule has 0 spiro atoms. The largest absolute Gasteiger partial charge is 0.459 e. The first-order valence-electron chi connectivity index (χ1n) is 5.81. The first kappa shape index (κ1) is 16.6. The molecule has 0 heterocycles. The van der Waals surface area contributed by atoms with Crippen molar-refractivity contribution in [3.63, 3.8) is 0 Å². The van der Waals surface area contributed by atoms with E-state index in [0.717, 1.165) is 12.1 Å². The number of ether oxygens (including phenoxy) is 1. The molecular formula is C13H15ClF3NO2. The number of anilines is 1. The van der Waals surface area contributed by atoms with Crippen molar-refractivity contribution in [2.75, 3.05) is 11.9 Å². The summed E-state index contributed by atoms with van der Waals surface area (Å²) in [6, 6.07) is 2.87. The van der Waals surface area contributed by atoms with Gasteiger partial charge in [0.1, 0.15) is 12.1 Å². The number of esters is 1. The Morgan fingerprint density at radius 2 is 1.90 bits per heavy atom. The van der Waals surface area contributed by atoms with Crippen LogP contribution in [0.15, 0.2) is 18.2 Å². The van der Waals surface area contributed by atoms with Gasteiger partial charge >= 0.3 is 12.1 Å². The highest BCUT2D eigenvalue weighted by Gasteiger charge is 2.30. The van der Waals surface area contributed by atoms with Crippen molar-refractivity contribution in [3.05, 3.63) is 28.8 Å². The van der Waals surface area contributed by atoms with Crippen molar-refractivity contribution in [2.24, 2.45) is 0 Å². The molecule has 1 rings (SSSR count). The maximum Gasteiger partial charge on any atom is 0.416 e. The number of halogens is 4. The number of rotatable bonds is 3. The van der Waals surface area contributed by atoms with Gasteiger partial charge in [0, 0.05) is 0 Å². The molecule has 0 aliphatic carbocycles. The second kappa shape index (κ2) is 5.91. The van der Waals surface area contributed by atoms with Crippen LogP contribution in [0.5, 0.6) is 0 Å². The van der Waals surface area contributed by atoms with Crippen molar-refractivity contribution in [2.45, 2.75) is 32.5 Å². The van der Waals surface area contributed by atoms with E-state index in [9.17, 15) is 18.0 Å². The predicted molar refractivity (Wildman–Crippen MR) is 70.8 cm³/mol. The minimum atomic E-state index is -4.45. The summed E-state index contributed by atoms with van der Waals surface area (Å²) in [6.07, 6.45) is -4.45. The lowest BCUT2D eigenvalue weighted by Crippen LogP contribution is -2.28. The molecule has 1 N–H and O–H groups in total. The van der Waals surface area contributed by atoms with Gasteiger partial charge in [-0.05, 0) is 39.0 Å². The number of alkyl halides is 3. The van der Waals surface area contributed by atoms with E-state index in [1.165, 1.54) is 6.07 Å². The van der Waals surface area contributed by atoms with Crippen LogP contribution in [-0.2, 0) is 15.7 Å². The van der Waals surface area contributed by atoms with E-state index in [4.69, 9.17) is 16.3 Å². The van der Waals surface area contributed by atoms with Gasteiger partial charge in [0.25, 0.3) is 0 Å². The molecular weight excluding hydrogens is 295 g/mol. The zero-order valence-electron chi connectivity index (χ0n) is 11.3. The molecule has 0 amide bonds. The molecule has 0 radical (unpaired) electrons. The number of benzene rings is 1. The van der Waals surface area contributed by atoms with Crippen molar-refractivity contribution in [3.8, 4) is 0 Å². The van der Waals surface area contributed by atoms with E-state index in [-0.39, 0.29) is 17.3 Å². The number of hydrogen-bond acceptors (Lipinski definition) is 3. The van der Waals surface area contributed by atoms with E-state index in [0.29, 0.717) is 0 Å². The topological polar surface area (TPSA) is 38.3 Å². The van der Waals surface area contributed by atoms with Crippen LogP contribution in [0.3, 0.4) is 0 Å². The maximum atomic E-state index is 12.4. The number of hydrogen-bond donors (Lipinski definition) is 1. The normalized spacial score (nSPS) is 12.2. The van der Waals surface area contributed by atoms with Gasteiger partial charge < -0.3 is 10.1 Å². The van der Waals surface area contributed by atoms with E-state index in [1.807, 2.05) is 0 Å². The summed E-state index contributed by atoms with van der Waals surface area (Å²) < 4.78 is 42.4. The van der Waals surface area contributed by atoms with Crippen LogP contribution in [0.1, 0.15) is 26.3 Å². The average molecular weight is 310 g/mol. The third-order valence-corrected chi connectivity index (χ3v) is 2.45. The Labute approximate surface area is 120 Å². The summed E-state index contributed by atoms with van der Waals surface area (Å²) in [5.74, 6) is -0.520. The summed E-state index contributed by atoms with van der Waals surface area (Å²) in [6.45, 7) is 4.98. The Balaban J connectivity index is 2.68. The summed E-state index contributed by atoms with van der Waals surface area (Å²) in [5.41, 5.74) is -1.22. The molecule has 20 heavy (non-hydrogen) atoms. The molecule has 7 heteroatoms.